The van der Waals surface area contributed by atoms with Gasteiger partial charge < -0.3 is 23.7 Å². The Morgan fingerprint density at radius 1 is 0.895 bits per heavy atom. The van der Waals surface area contributed by atoms with E-state index >= 15 is 0 Å². The first kappa shape index (κ1) is 27.7. The molecule has 2 aromatic carbocycles. The molecule has 1 N–H and O–H groups in total. The van der Waals surface area contributed by atoms with Gasteiger partial charge in [0.2, 0.25) is 5.79 Å². The van der Waals surface area contributed by atoms with Crippen LogP contribution < -0.4 is 10.4 Å². The number of hydrogen-bond acceptors (Lipinski definition) is 6. The van der Waals surface area contributed by atoms with Crippen molar-refractivity contribution < 1.29 is 23.7 Å². The fraction of sp³-hybridized carbons (Fsp3) is 0.414. The number of halogens is 2. The third-order valence-electron chi connectivity index (χ3n) is 7.29. The molecule has 2 aliphatic rings. The van der Waals surface area contributed by atoms with Gasteiger partial charge in [0.15, 0.2) is 5.79 Å². The Labute approximate surface area is 234 Å². The number of rotatable bonds is 6. The largest absolute Gasteiger partial charge is 0.405 e. The van der Waals surface area contributed by atoms with E-state index in [1.54, 1.807) is 12.1 Å². The third kappa shape index (κ3) is 4.73. The highest BCUT2D eigenvalue weighted by Crippen LogP contribution is 2.49. The molecule has 0 saturated carbocycles. The molecule has 2 saturated heterocycles. The molecular formula is C29H33Cl2NO5Si. The SMILES string of the molecule is CC1(C)O[C@H]2[C@@H](O1)[C@@](O)(c1ccc(Cl)nc1Cl)O[C@@H]2CO[Si](c1ccccc1)(c1ccccc1)C(C)(C)C. The molecule has 38 heavy (non-hydrogen) atoms. The zero-order valence-electron chi connectivity index (χ0n) is 22.2. The Kier molecular flexibility index (Phi) is 7.29. The van der Waals surface area contributed by atoms with Crippen LogP contribution in [0.5, 0.6) is 0 Å². The number of aliphatic hydroxyl groups is 1. The van der Waals surface area contributed by atoms with E-state index in [9.17, 15) is 5.11 Å². The lowest BCUT2D eigenvalue weighted by atomic mass is 9.99. The summed E-state index contributed by atoms with van der Waals surface area (Å²) in [6.07, 6.45) is -2.08. The molecule has 0 bridgehead atoms. The fourth-order valence-corrected chi connectivity index (χ4v) is 10.8. The van der Waals surface area contributed by atoms with Crippen molar-refractivity contribution in [3.05, 3.63) is 88.7 Å². The van der Waals surface area contributed by atoms with E-state index in [0.717, 1.165) is 10.4 Å². The van der Waals surface area contributed by atoms with Crippen LogP contribution in [0, 0.1) is 0 Å². The molecule has 0 amide bonds. The molecule has 5 rings (SSSR count). The van der Waals surface area contributed by atoms with E-state index in [2.05, 4.69) is 50.0 Å². The van der Waals surface area contributed by atoms with Gasteiger partial charge in [-0.3, -0.25) is 0 Å². The topological polar surface area (TPSA) is 70.0 Å². The molecular weight excluding hydrogens is 541 g/mol. The van der Waals surface area contributed by atoms with Crippen LogP contribution in [-0.4, -0.2) is 49.1 Å². The number of pyridine rings is 1. The quantitative estimate of drug-likeness (QED) is 0.329. The van der Waals surface area contributed by atoms with Gasteiger partial charge in [-0.25, -0.2) is 4.98 Å². The van der Waals surface area contributed by atoms with Crippen molar-refractivity contribution in [1.29, 1.82) is 0 Å². The average Bonchev–Trinajstić information content (AvgIpc) is 3.31. The lowest BCUT2D eigenvalue weighted by Crippen LogP contribution is -2.67. The molecule has 2 aliphatic heterocycles. The second-order valence-electron chi connectivity index (χ2n) is 11.3. The summed E-state index contributed by atoms with van der Waals surface area (Å²) in [7, 11) is -2.85. The summed E-state index contributed by atoms with van der Waals surface area (Å²) >= 11 is 12.4. The Morgan fingerprint density at radius 2 is 1.47 bits per heavy atom. The molecule has 0 radical (unpaired) electrons. The number of nitrogens with zero attached hydrogens (tertiary/aromatic N) is 1. The van der Waals surface area contributed by atoms with Gasteiger partial charge in [0.25, 0.3) is 8.32 Å². The molecule has 0 aliphatic carbocycles. The Bertz CT molecular complexity index is 1250. The molecule has 3 heterocycles. The molecule has 9 heteroatoms. The van der Waals surface area contributed by atoms with Crippen molar-refractivity contribution in [1.82, 2.24) is 4.98 Å². The molecule has 3 aromatic rings. The highest BCUT2D eigenvalue weighted by Gasteiger charge is 2.64. The minimum Gasteiger partial charge on any atom is -0.405 e. The van der Waals surface area contributed by atoms with E-state index in [4.69, 9.17) is 41.8 Å². The standard InChI is InChI=1S/C29H33Cl2NO5Si/c1-27(2,3)38(19-12-8-6-9-13-19,20-14-10-7-11-15-20)34-18-22-24-25(37-28(4,5)36-24)29(33,35-22)21-16-17-23(30)32-26(21)31/h6-17,22,24-25,33H,18H2,1-5H3/t22-,24-,25-,29-/m1/s1. The van der Waals surface area contributed by atoms with Crippen LogP contribution in [0.3, 0.4) is 0 Å². The smallest absolute Gasteiger partial charge is 0.261 e. The number of ether oxygens (including phenoxy) is 3. The van der Waals surface area contributed by atoms with Gasteiger partial charge in [-0.15, -0.1) is 0 Å². The minimum atomic E-state index is -2.85. The lowest BCUT2D eigenvalue weighted by molar-refractivity contribution is -0.283. The van der Waals surface area contributed by atoms with Gasteiger partial charge >= 0.3 is 0 Å². The zero-order chi connectivity index (χ0) is 27.3. The Hall–Kier alpha value is -1.81. The molecule has 2 fully saturated rings. The fourth-order valence-electron chi connectivity index (χ4n) is 5.72. The van der Waals surface area contributed by atoms with Crippen LogP contribution >= 0.6 is 23.2 Å². The van der Waals surface area contributed by atoms with Gasteiger partial charge in [-0.2, -0.15) is 0 Å². The van der Waals surface area contributed by atoms with Crippen molar-refractivity contribution in [3.63, 3.8) is 0 Å². The van der Waals surface area contributed by atoms with Crippen LogP contribution in [0.25, 0.3) is 0 Å². The van der Waals surface area contributed by atoms with E-state index in [0.29, 0.717) is 0 Å². The van der Waals surface area contributed by atoms with Crippen LogP contribution in [0.15, 0.2) is 72.8 Å². The van der Waals surface area contributed by atoms with Crippen LogP contribution in [0.1, 0.15) is 40.2 Å². The van der Waals surface area contributed by atoms with Gasteiger partial charge in [0.1, 0.15) is 28.6 Å². The summed E-state index contributed by atoms with van der Waals surface area (Å²) in [5, 5.41) is 14.2. The maximum Gasteiger partial charge on any atom is 0.261 e. The molecule has 4 atom stereocenters. The van der Waals surface area contributed by atoms with Gasteiger partial charge in [0, 0.05) is 0 Å². The number of aromatic nitrogens is 1. The first-order valence-electron chi connectivity index (χ1n) is 12.7. The second-order valence-corrected chi connectivity index (χ2v) is 16.4. The van der Waals surface area contributed by atoms with Crippen molar-refractivity contribution in [2.45, 2.75) is 69.5 Å². The molecule has 6 nitrogen and oxygen atoms in total. The lowest BCUT2D eigenvalue weighted by Gasteiger charge is -2.43. The van der Waals surface area contributed by atoms with Gasteiger partial charge in [-0.1, -0.05) is 105 Å². The average molecular weight is 575 g/mol. The van der Waals surface area contributed by atoms with Crippen molar-refractivity contribution >= 4 is 41.9 Å². The molecule has 0 spiro atoms. The van der Waals surface area contributed by atoms with E-state index in [-0.39, 0.29) is 27.5 Å². The Balaban J connectivity index is 1.55. The molecule has 202 valence electrons. The highest BCUT2D eigenvalue weighted by molar-refractivity contribution is 6.99. The maximum atomic E-state index is 11.9. The van der Waals surface area contributed by atoms with E-state index in [1.165, 1.54) is 0 Å². The number of fused-ring (bicyclic) bond motifs is 1. The normalized spacial score (nSPS) is 26.9. The zero-order valence-corrected chi connectivity index (χ0v) is 24.7. The van der Waals surface area contributed by atoms with Gasteiger partial charge in [0.05, 0.1) is 12.2 Å². The van der Waals surface area contributed by atoms with Crippen molar-refractivity contribution in [3.8, 4) is 0 Å². The number of hydrogen-bond donors (Lipinski definition) is 1. The van der Waals surface area contributed by atoms with E-state index in [1.807, 2.05) is 50.2 Å². The monoisotopic (exact) mass is 573 g/mol. The minimum absolute atomic E-state index is 0.0422. The predicted molar refractivity (Wildman–Crippen MR) is 150 cm³/mol. The summed E-state index contributed by atoms with van der Waals surface area (Å²) in [4.78, 5) is 4.11. The Morgan fingerprint density at radius 3 is 2.00 bits per heavy atom. The highest BCUT2D eigenvalue weighted by atomic mass is 35.5. The first-order chi connectivity index (χ1) is 17.9. The first-order valence-corrected chi connectivity index (χ1v) is 15.4. The van der Waals surface area contributed by atoms with Crippen LogP contribution in [0.2, 0.25) is 15.3 Å². The predicted octanol–water partition coefficient (Wildman–Crippen LogP) is 5.03. The van der Waals surface area contributed by atoms with Crippen molar-refractivity contribution in [2.75, 3.05) is 6.61 Å². The summed E-state index contributed by atoms with van der Waals surface area (Å²) in [6.45, 7) is 10.4. The third-order valence-corrected chi connectivity index (χ3v) is 12.8. The second kappa shape index (κ2) is 9.98. The van der Waals surface area contributed by atoms with Gasteiger partial charge in [-0.05, 0) is 41.4 Å². The summed E-state index contributed by atoms with van der Waals surface area (Å²) in [6, 6.07) is 23.9. The maximum absolute atomic E-state index is 11.9. The number of benzene rings is 2. The molecule has 0 unspecified atom stereocenters. The van der Waals surface area contributed by atoms with E-state index < -0.39 is 38.2 Å². The summed E-state index contributed by atoms with van der Waals surface area (Å²) in [5.41, 5.74) is 0.271. The van der Waals surface area contributed by atoms with Crippen LogP contribution in [0.4, 0.5) is 0 Å². The summed E-state index contributed by atoms with van der Waals surface area (Å²) in [5.74, 6) is -2.83. The van der Waals surface area contributed by atoms with Crippen molar-refractivity contribution in [2.24, 2.45) is 0 Å². The summed E-state index contributed by atoms with van der Waals surface area (Å²) < 4.78 is 25.9. The molecule has 1 aromatic heterocycles. The van der Waals surface area contributed by atoms with Crippen LogP contribution in [-0.2, 0) is 24.4 Å².